The highest BCUT2D eigenvalue weighted by atomic mass is 35.5. The van der Waals surface area contributed by atoms with E-state index in [-0.39, 0.29) is 30.4 Å². The minimum absolute atomic E-state index is 0.0297. The Morgan fingerprint density at radius 3 is 2.26 bits per heavy atom. The molecular weight excluding hydrogens is 423 g/mol. The van der Waals surface area contributed by atoms with Crippen molar-refractivity contribution < 1.29 is 23.4 Å². The van der Waals surface area contributed by atoms with Crippen LogP contribution in [0.2, 0.25) is 5.02 Å². The molecule has 2 atom stereocenters. The van der Waals surface area contributed by atoms with Gasteiger partial charge in [0, 0.05) is 43.9 Å². The molecule has 31 heavy (non-hydrogen) atoms. The summed E-state index contributed by atoms with van der Waals surface area (Å²) in [6.07, 6.45) is 0. The minimum atomic E-state index is -0.239. The summed E-state index contributed by atoms with van der Waals surface area (Å²) in [6.45, 7) is 6.06. The average Bonchev–Trinajstić information content (AvgIpc) is 2.76. The lowest BCUT2D eigenvalue weighted by Gasteiger charge is -2.44. The van der Waals surface area contributed by atoms with Crippen LogP contribution in [0.25, 0.3) is 0 Å². The molecule has 0 aromatic heterocycles. The molecule has 2 aromatic rings. The molecule has 1 saturated heterocycles. The van der Waals surface area contributed by atoms with E-state index in [1.54, 1.807) is 24.3 Å². The zero-order valence-electron chi connectivity index (χ0n) is 18.2. The predicted molar refractivity (Wildman–Crippen MR) is 117 cm³/mol. The van der Waals surface area contributed by atoms with Crippen LogP contribution < -0.4 is 14.2 Å². The Morgan fingerprint density at radius 2 is 1.68 bits per heavy atom. The first-order valence-electron chi connectivity index (χ1n) is 10.1. The van der Waals surface area contributed by atoms with Gasteiger partial charge < -0.3 is 19.1 Å². The molecule has 0 saturated carbocycles. The van der Waals surface area contributed by atoms with Gasteiger partial charge in [-0.15, -0.1) is 0 Å². The fraction of sp³-hybridized carbons (Fsp3) is 0.435. The summed E-state index contributed by atoms with van der Waals surface area (Å²) in [6, 6.07) is 10.0. The lowest BCUT2D eigenvalue weighted by atomic mass is 10.1. The number of nitrogens with zero attached hydrogens (tertiary/aromatic N) is 2. The Morgan fingerprint density at radius 1 is 1.06 bits per heavy atom. The molecule has 1 aliphatic heterocycles. The smallest absolute Gasteiger partial charge is 0.260 e. The summed E-state index contributed by atoms with van der Waals surface area (Å²) in [5, 5.41) is 0.350. The molecule has 6 nitrogen and oxygen atoms in total. The van der Waals surface area contributed by atoms with Crippen LogP contribution in [-0.4, -0.2) is 61.7 Å². The number of carbonyl (C=O) groups excluding carboxylic acids is 1. The number of hydrogen-bond acceptors (Lipinski definition) is 5. The average molecular weight is 451 g/mol. The molecule has 0 bridgehead atoms. The normalized spacial score (nSPS) is 19.2. The Balaban J connectivity index is 1.60. The molecule has 0 unspecified atom stereocenters. The first kappa shape index (κ1) is 23.2. The minimum Gasteiger partial charge on any atom is -0.495 e. The number of hydrogen-bond donors (Lipinski definition) is 0. The highest BCUT2D eigenvalue weighted by molar-refractivity contribution is 6.33. The summed E-state index contributed by atoms with van der Waals surface area (Å²) >= 11 is 6.18. The fourth-order valence-corrected chi connectivity index (χ4v) is 4.01. The second-order valence-corrected chi connectivity index (χ2v) is 8.11. The van der Waals surface area contributed by atoms with Crippen LogP contribution in [0.3, 0.4) is 0 Å². The van der Waals surface area contributed by atoms with Crippen molar-refractivity contribution in [1.82, 2.24) is 9.80 Å². The number of rotatable bonds is 7. The van der Waals surface area contributed by atoms with Gasteiger partial charge in [0.2, 0.25) is 0 Å². The van der Waals surface area contributed by atoms with Crippen molar-refractivity contribution in [3.63, 3.8) is 0 Å². The third-order valence-corrected chi connectivity index (χ3v) is 5.89. The van der Waals surface area contributed by atoms with Crippen LogP contribution >= 0.6 is 11.6 Å². The predicted octanol–water partition coefficient (Wildman–Crippen LogP) is 4.00. The number of benzene rings is 2. The second kappa shape index (κ2) is 10.2. The number of ether oxygens (including phenoxy) is 3. The first-order chi connectivity index (χ1) is 14.8. The molecule has 1 aliphatic rings. The standard InChI is InChI=1S/C23H28ClFN2O4/c1-15-12-27(16(2)11-26(15)13-17-5-7-18(25)8-6-17)22(28)14-31-19-9-20(29-3)23(24)21(10-19)30-4/h5-10,15-16H,11-14H2,1-4H3/t15-,16+/m0/s1. The monoisotopic (exact) mass is 450 g/mol. The second-order valence-electron chi connectivity index (χ2n) is 7.73. The van der Waals surface area contributed by atoms with Crippen molar-refractivity contribution in [3.8, 4) is 17.2 Å². The van der Waals surface area contributed by atoms with Gasteiger partial charge >= 0.3 is 0 Å². The van der Waals surface area contributed by atoms with Gasteiger partial charge in [0.05, 0.1) is 14.2 Å². The summed E-state index contributed by atoms with van der Waals surface area (Å²) in [4.78, 5) is 17.0. The maximum Gasteiger partial charge on any atom is 0.260 e. The van der Waals surface area contributed by atoms with E-state index in [9.17, 15) is 9.18 Å². The molecular formula is C23H28ClFN2O4. The lowest BCUT2D eigenvalue weighted by molar-refractivity contribution is -0.139. The van der Waals surface area contributed by atoms with Crippen LogP contribution in [0.15, 0.2) is 36.4 Å². The Labute approximate surface area is 187 Å². The summed E-state index contributed by atoms with van der Waals surface area (Å²) in [5.74, 6) is 0.951. The molecule has 2 aromatic carbocycles. The molecule has 8 heteroatoms. The SMILES string of the molecule is COc1cc(OCC(=O)N2C[C@H](C)N(Cc3ccc(F)cc3)C[C@H]2C)cc(OC)c1Cl. The van der Waals surface area contributed by atoms with Gasteiger partial charge in [-0.25, -0.2) is 4.39 Å². The van der Waals surface area contributed by atoms with Gasteiger partial charge in [0.25, 0.3) is 5.91 Å². The Bertz CT molecular complexity index is 884. The Hall–Kier alpha value is -2.51. The van der Waals surface area contributed by atoms with Gasteiger partial charge in [-0.2, -0.15) is 0 Å². The largest absolute Gasteiger partial charge is 0.495 e. The van der Waals surface area contributed by atoms with Crippen LogP contribution in [-0.2, 0) is 11.3 Å². The van der Waals surface area contributed by atoms with E-state index < -0.39 is 0 Å². The molecule has 1 heterocycles. The lowest BCUT2D eigenvalue weighted by Crippen LogP contribution is -2.58. The third kappa shape index (κ3) is 5.60. The van der Waals surface area contributed by atoms with Gasteiger partial charge in [-0.3, -0.25) is 9.69 Å². The van der Waals surface area contributed by atoms with E-state index in [2.05, 4.69) is 11.8 Å². The highest BCUT2D eigenvalue weighted by Crippen LogP contribution is 2.38. The van der Waals surface area contributed by atoms with Crippen molar-refractivity contribution in [2.24, 2.45) is 0 Å². The molecule has 1 amide bonds. The van der Waals surface area contributed by atoms with Crippen molar-refractivity contribution in [2.45, 2.75) is 32.5 Å². The van der Waals surface area contributed by atoms with Crippen LogP contribution in [0, 0.1) is 5.82 Å². The van der Waals surface area contributed by atoms with Crippen LogP contribution in [0.4, 0.5) is 4.39 Å². The number of carbonyl (C=O) groups is 1. The maximum atomic E-state index is 13.2. The maximum absolute atomic E-state index is 13.2. The van der Waals surface area contributed by atoms with E-state index in [1.165, 1.54) is 26.4 Å². The van der Waals surface area contributed by atoms with Crippen molar-refractivity contribution in [3.05, 3.63) is 52.8 Å². The van der Waals surface area contributed by atoms with Gasteiger partial charge in [0.1, 0.15) is 28.1 Å². The van der Waals surface area contributed by atoms with E-state index >= 15 is 0 Å². The van der Waals surface area contributed by atoms with E-state index in [0.717, 1.165) is 12.1 Å². The zero-order chi connectivity index (χ0) is 22.5. The fourth-order valence-electron chi connectivity index (χ4n) is 3.75. The number of piperazine rings is 1. The van der Waals surface area contributed by atoms with Crippen molar-refractivity contribution in [1.29, 1.82) is 0 Å². The van der Waals surface area contributed by atoms with Gasteiger partial charge in [-0.1, -0.05) is 23.7 Å². The van der Waals surface area contributed by atoms with E-state index in [4.69, 9.17) is 25.8 Å². The quantitative estimate of drug-likeness (QED) is 0.638. The van der Waals surface area contributed by atoms with Crippen molar-refractivity contribution in [2.75, 3.05) is 33.9 Å². The first-order valence-corrected chi connectivity index (χ1v) is 10.5. The Kier molecular flexibility index (Phi) is 7.62. The highest BCUT2D eigenvalue weighted by Gasteiger charge is 2.32. The summed E-state index contributed by atoms with van der Waals surface area (Å²) < 4.78 is 29.3. The van der Waals surface area contributed by atoms with Crippen LogP contribution in [0.1, 0.15) is 19.4 Å². The topological polar surface area (TPSA) is 51.2 Å². The van der Waals surface area contributed by atoms with Crippen LogP contribution in [0.5, 0.6) is 17.2 Å². The zero-order valence-corrected chi connectivity index (χ0v) is 19.0. The molecule has 0 radical (unpaired) electrons. The number of amides is 1. The van der Waals surface area contributed by atoms with Crippen molar-refractivity contribution >= 4 is 17.5 Å². The number of halogens is 2. The summed E-state index contributed by atoms with van der Waals surface area (Å²) in [7, 11) is 3.01. The molecule has 168 valence electrons. The molecule has 0 aliphatic carbocycles. The summed E-state index contributed by atoms with van der Waals surface area (Å²) in [5.41, 5.74) is 1.05. The number of methoxy groups -OCH3 is 2. The third-order valence-electron chi connectivity index (χ3n) is 5.52. The molecule has 0 N–H and O–H groups in total. The van der Waals surface area contributed by atoms with Gasteiger partial charge in [0.15, 0.2) is 6.61 Å². The molecule has 0 spiro atoms. The van der Waals surface area contributed by atoms with E-state index in [1.807, 2.05) is 11.8 Å². The van der Waals surface area contributed by atoms with Gasteiger partial charge in [-0.05, 0) is 31.5 Å². The molecule has 3 rings (SSSR count). The molecule has 1 fully saturated rings. The van der Waals surface area contributed by atoms with E-state index in [0.29, 0.717) is 35.4 Å².